The van der Waals surface area contributed by atoms with Gasteiger partial charge in [-0.15, -0.1) is 11.3 Å². The molecule has 1 aromatic carbocycles. The number of hydrogen-bond donors (Lipinski definition) is 3. The monoisotopic (exact) mass is 405 g/mol. The Morgan fingerprint density at radius 3 is 2.77 bits per heavy atom. The number of aliphatic hydroxyl groups excluding tert-OH is 1. The van der Waals surface area contributed by atoms with Gasteiger partial charge in [-0.1, -0.05) is 29.6 Å². The predicted molar refractivity (Wildman–Crippen MR) is 110 cm³/mol. The molecule has 0 spiro atoms. The molecule has 0 fully saturated rings. The summed E-state index contributed by atoms with van der Waals surface area (Å²) in [5, 5.41) is 13.0. The molecule has 0 unspecified atom stereocenters. The average Bonchev–Trinajstić information content (AvgIpc) is 3.07. The summed E-state index contributed by atoms with van der Waals surface area (Å²) in [6.07, 6.45) is 3.58. The minimum Gasteiger partial charge on any atom is -0.391 e. The lowest BCUT2D eigenvalue weighted by Gasteiger charge is -2.08. The van der Waals surface area contributed by atoms with E-state index in [9.17, 15) is 9.90 Å². The number of aliphatic hydroxyl groups is 1. The van der Waals surface area contributed by atoms with Crippen LogP contribution < -0.4 is 10.0 Å². The minimum atomic E-state index is -0.260. The van der Waals surface area contributed by atoms with Gasteiger partial charge in [-0.3, -0.25) is 9.78 Å². The molecule has 0 aliphatic rings. The van der Waals surface area contributed by atoms with Crippen molar-refractivity contribution in [3.8, 4) is 11.3 Å². The van der Waals surface area contributed by atoms with Gasteiger partial charge >= 0.3 is 0 Å². The standard InChI is InChI=1S/C18H16ClN3O2S2/c1-25-22-13-7-11(19)6-12(8-13)21-18(24)16-9-14(17(10-23)26-16)15-4-2-3-5-20-15/h2-9,22-23H,10H2,1H3,(H,21,24). The molecule has 2 heterocycles. The molecular weight excluding hydrogens is 390 g/mol. The number of carbonyl (C=O) groups excluding carboxylic acids is 1. The highest BCUT2D eigenvalue weighted by atomic mass is 35.5. The lowest BCUT2D eigenvalue weighted by atomic mass is 10.1. The Kier molecular flexibility index (Phi) is 6.16. The second-order valence-electron chi connectivity index (χ2n) is 5.31. The molecule has 3 aromatic rings. The molecule has 0 radical (unpaired) electrons. The van der Waals surface area contributed by atoms with Crippen molar-refractivity contribution in [2.45, 2.75) is 6.61 Å². The van der Waals surface area contributed by atoms with Crippen LogP contribution >= 0.6 is 34.9 Å². The zero-order valence-electron chi connectivity index (χ0n) is 13.8. The zero-order valence-corrected chi connectivity index (χ0v) is 16.2. The van der Waals surface area contributed by atoms with Gasteiger partial charge in [-0.2, -0.15) is 0 Å². The summed E-state index contributed by atoms with van der Waals surface area (Å²) in [6, 6.07) is 12.6. The Hall–Kier alpha value is -2.06. The van der Waals surface area contributed by atoms with Crippen molar-refractivity contribution < 1.29 is 9.90 Å². The van der Waals surface area contributed by atoms with E-state index in [4.69, 9.17) is 11.6 Å². The number of halogens is 1. The smallest absolute Gasteiger partial charge is 0.265 e. The summed E-state index contributed by atoms with van der Waals surface area (Å²) < 4.78 is 3.09. The number of benzene rings is 1. The van der Waals surface area contributed by atoms with Gasteiger partial charge in [0.25, 0.3) is 5.91 Å². The largest absolute Gasteiger partial charge is 0.391 e. The van der Waals surface area contributed by atoms with Gasteiger partial charge in [0.2, 0.25) is 0 Å². The molecule has 0 bridgehead atoms. The van der Waals surface area contributed by atoms with E-state index in [1.165, 1.54) is 23.3 Å². The fraction of sp³-hybridized carbons (Fsp3) is 0.111. The summed E-state index contributed by atoms with van der Waals surface area (Å²) in [7, 11) is 0. The molecule has 2 aromatic heterocycles. The van der Waals surface area contributed by atoms with Gasteiger partial charge in [0.1, 0.15) is 0 Å². The Balaban J connectivity index is 1.86. The van der Waals surface area contributed by atoms with Gasteiger partial charge in [0.05, 0.1) is 17.2 Å². The molecule has 5 nitrogen and oxygen atoms in total. The van der Waals surface area contributed by atoms with Gasteiger partial charge in [-0.25, -0.2) is 0 Å². The maximum Gasteiger partial charge on any atom is 0.265 e. The number of nitrogens with one attached hydrogen (secondary N) is 2. The second kappa shape index (κ2) is 8.55. The third-order valence-electron chi connectivity index (χ3n) is 3.49. The Morgan fingerprint density at radius 2 is 2.08 bits per heavy atom. The lowest BCUT2D eigenvalue weighted by Crippen LogP contribution is -2.10. The molecule has 3 rings (SSSR count). The number of anilines is 2. The summed E-state index contributed by atoms with van der Waals surface area (Å²) in [6.45, 7) is -0.150. The van der Waals surface area contributed by atoms with Crippen LogP contribution in [0.4, 0.5) is 11.4 Å². The predicted octanol–water partition coefficient (Wildman–Crippen LogP) is 4.90. The van der Waals surface area contributed by atoms with Crippen molar-refractivity contribution in [1.29, 1.82) is 0 Å². The Morgan fingerprint density at radius 1 is 1.27 bits per heavy atom. The maximum absolute atomic E-state index is 12.6. The van der Waals surface area contributed by atoms with Crippen molar-refractivity contribution in [2.75, 3.05) is 16.3 Å². The topological polar surface area (TPSA) is 74.2 Å². The molecule has 0 aliphatic carbocycles. The third-order valence-corrected chi connectivity index (χ3v) is 5.27. The molecule has 1 amide bonds. The van der Waals surface area contributed by atoms with Crippen LogP contribution in [0.3, 0.4) is 0 Å². The number of nitrogens with zero attached hydrogens (tertiary/aromatic N) is 1. The maximum atomic E-state index is 12.6. The zero-order chi connectivity index (χ0) is 18.5. The third kappa shape index (κ3) is 4.37. The minimum absolute atomic E-state index is 0.150. The molecule has 3 N–H and O–H groups in total. The van der Waals surface area contributed by atoms with Crippen LogP contribution in [-0.4, -0.2) is 22.3 Å². The van der Waals surface area contributed by atoms with Crippen molar-refractivity contribution in [3.63, 3.8) is 0 Å². The summed E-state index contributed by atoms with van der Waals surface area (Å²) in [5.41, 5.74) is 2.88. The van der Waals surface area contributed by atoms with E-state index in [2.05, 4.69) is 15.0 Å². The van der Waals surface area contributed by atoms with E-state index in [1.54, 1.807) is 30.5 Å². The van der Waals surface area contributed by atoms with Crippen LogP contribution in [0.2, 0.25) is 5.02 Å². The number of rotatable bonds is 6. The van der Waals surface area contributed by atoms with Crippen LogP contribution in [-0.2, 0) is 6.61 Å². The number of thiophene rings is 1. The molecule has 0 saturated heterocycles. The van der Waals surface area contributed by atoms with Crippen molar-refractivity contribution in [3.05, 3.63) is 63.4 Å². The molecule has 134 valence electrons. The first-order chi connectivity index (χ1) is 12.6. The first kappa shape index (κ1) is 18.7. The Bertz CT molecular complexity index is 916. The number of carbonyl (C=O) groups is 1. The van der Waals surface area contributed by atoms with Crippen LogP contribution in [0, 0.1) is 0 Å². The molecule has 0 atom stereocenters. The highest BCUT2D eigenvalue weighted by molar-refractivity contribution is 7.99. The quantitative estimate of drug-likeness (QED) is 0.509. The van der Waals surface area contributed by atoms with Gasteiger partial charge in [-0.05, 0) is 36.4 Å². The van der Waals surface area contributed by atoms with E-state index in [-0.39, 0.29) is 12.5 Å². The van der Waals surface area contributed by atoms with Crippen molar-refractivity contribution in [1.82, 2.24) is 4.98 Å². The molecule has 0 aliphatic heterocycles. The lowest BCUT2D eigenvalue weighted by molar-refractivity contribution is 0.103. The van der Waals surface area contributed by atoms with E-state index in [0.29, 0.717) is 20.5 Å². The molecule has 26 heavy (non-hydrogen) atoms. The summed E-state index contributed by atoms with van der Waals surface area (Å²) >= 11 is 8.79. The van der Waals surface area contributed by atoms with E-state index in [1.807, 2.05) is 24.5 Å². The van der Waals surface area contributed by atoms with Crippen LogP contribution in [0.25, 0.3) is 11.3 Å². The van der Waals surface area contributed by atoms with E-state index < -0.39 is 0 Å². The van der Waals surface area contributed by atoms with E-state index >= 15 is 0 Å². The number of hydrogen-bond acceptors (Lipinski definition) is 6. The highest BCUT2D eigenvalue weighted by Gasteiger charge is 2.16. The molecule has 8 heteroatoms. The number of pyridine rings is 1. The normalized spacial score (nSPS) is 10.6. The van der Waals surface area contributed by atoms with Crippen molar-refractivity contribution >= 4 is 52.2 Å². The van der Waals surface area contributed by atoms with Crippen LogP contribution in [0.1, 0.15) is 14.5 Å². The van der Waals surface area contributed by atoms with Gasteiger partial charge in [0.15, 0.2) is 0 Å². The highest BCUT2D eigenvalue weighted by Crippen LogP contribution is 2.31. The molecular formula is C18H16ClN3O2S2. The fourth-order valence-corrected chi connectivity index (χ4v) is 3.94. The Labute approximate surface area is 164 Å². The van der Waals surface area contributed by atoms with Gasteiger partial charge in [0, 0.05) is 39.3 Å². The summed E-state index contributed by atoms with van der Waals surface area (Å²) in [5.74, 6) is -0.260. The van der Waals surface area contributed by atoms with Gasteiger partial charge < -0.3 is 15.1 Å². The van der Waals surface area contributed by atoms with Crippen molar-refractivity contribution in [2.24, 2.45) is 0 Å². The first-order valence-corrected chi connectivity index (χ1v) is 10.1. The van der Waals surface area contributed by atoms with Crippen LogP contribution in [0.5, 0.6) is 0 Å². The second-order valence-corrected chi connectivity index (χ2v) is 7.50. The SMILES string of the molecule is CSNc1cc(Cl)cc(NC(=O)c2cc(-c3ccccn3)c(CO)s2)c1. The average molecular weight is 406 g/mol. The fourth-order valence-electron chi connectivity index (χ4n) is 2.43. The number of amides is 1. The number of aromatic nitrogens is 1. The van der Waals surface area contributed by atoms with Crippen LogP contribution in [0.15, 0.2) is 48.7 Å². The summed E-state index contributed by atoms with van der Waals surface area (Å²) in [4.78, 5) is 18.1. The van der Waals surface area contributed by atoms with E-state index in [0.717, 1.165) is 16.9 Å². The molecule has 0 saturated carbocycles. The first-order valence-electron chi connectivity index (χ1n) is 7.66.